The Kier molecular flexibility index (Phi) is 5.68. The Balaban J connectivity index is 1.49. The zero-order valence-electron chi connectivity index (χ0n) is 15.5. The number of aromatic nitrogens is 3. The van der Waals surface area contributed by atoms with Gasteiger partial charge in [0.1, 0.15) is 11.5 Å². The standard InChI is InChI=1S/C18H24N6O3/c1-11-3-8-15(16(9-11)24(26)27)20-13-4-6-14(7-5-13)21-18(25)10-17-19-12(2)22-23-17/h3,8-9,13-14,20H,4-7,10H2,1-2H3,(H,21,25)(H,19,22,23). The van der Waals surface area contributed by atoms with E-state index in [1.807, 2.05) is 13.0 Å². The lowest BCUT2D eigenvalue weighted by Crippen LogP contribution is -2.40. The SMILES string of the molecule is Cc1ccc(NC2CCC(NC(=O)Cc3n[nH]c(C)n3)CC2)c([N+](=O)[O-])c1. The van der Waals surface area contributed by atoms with Gasteiger partial charge in [-0.3, -0.25) is 20.0 Å². The van der Waals surface area contributed by atoms with E-state index in [1.165, 1.54) is 0 Å². The number of aromatic amines is 1. The lowest BCUT2D eigenvalue weighted by Gasteiger charge is -2.30. The molecule has 1 amide bonds. The Labute approximate surface area is 157 Å². The fourth-order valence-corrected chi connectivity index (χ4v) is 3.41. The van der Waals surface area contributed by atoms with Crippen molar-refractivity contribution in [2.75, 3.05) is 5.32 Å². The van der Waals surface area contributed by atoms with E-state index >= 15 is 0 Å². The number of anilines is 1. The molecule has 0 saturated heterocycles. The number of hydrogen-bond acceptors (Lipinski definition) is 6. The van der Waals surface area contributed by atoms with Gasteiger partial charge < -0.3 is 10.6 Å². The summed E-state index contributed by atoms with van der Waals surface area (Å²) >= 11 is 0. The summed E-state index contributed by atoms with van der Waals surface area (Å²) in [5, 5.41) is 24.3. The monoisotopic (exact) mass is 372 g/mol. The minimum atomic E-state index is -0.355. The van der Waals surface area contributed by atoms with Crippen LogP contribution in [0.4, 0.5) is 11.4 Å². The van der Waals surface area contributed by atoms with Gasteiger partial charge in [-0.25, -0.2) is 4.98 Å². The second-order valence-electron chi connectivity index (χ2n) is 7.05. The summed E-state index contributed by atoms with van der Waals surface area (Å²) in [4.78, 5) is 27.1. The van der Waals surface area contributed by atoms with E-state index < -0.39 is 0 Å². The van der Waals surface area contributed by atoms with Crippen LogP contribution in [0, 0.1) is 24.0 Å². The molecule has 27 heavy (non-hydrogen) atoms. The number of nitro groups is 1. The molecule has 1 heterocycles. The highest BCUT2D eigenvalue weighted by Crippen LogP contribution is 2.29. The number of nitrogens with one attached hydrogen (secondary N) is 3. The van der Waals surface area contributed by atoms with E-state index in [4.69, 9.17) is 0 Å². The number of nitrogens with zero attached hydrogens (tertiary/aromatic N) is 3. The molecule has 1 saturated carbocycles. The quantitative estimate of drug-likeness (QED) is 0.528. The minimum absolute atomic E-state index is 0.0837. The molecule has 1 aliphatic rings. The van der Waals surface area contributed by atoms with Crippen LogP contribution in [0.5, 0.6) is 0 Å². The number of hydrogen-bond donors (Lipinski definition) is 3. The highest BCUT2D eigenvalue weighted by atomic mass is 16.6. The summed E-state index contributed by atoms with van der Waals surface area (Å²) in [6, 6.07) is 5.49. The van der Waals surface area contributed by atoms with Crippen molar-refractivity contribution in [1.82, 2.24) is 20.5 Å². The summed E-state index contributed by atoms with van der Waals surface area (Å²) in [6.07, 6.45) is 3.51. The van der Waals surface area contributed by atoms with E-state index in [9.17, 15) is 14.9 Å². The summed E-state index contributed by atoms with van der Waals surface area (Å²) in [5.74, 6) is 1.10. The summed E-state index contributed by atoms with van der Waals surface area (Å²) < 4.78 is 0. The first-order valence-corrected chi connectivity index (χ1v) is 9.09. The number of aryl methyl sites for hydroxylation is 2. The van der Waals surface area contributed by atoms with Crippen molar-refractivity contribution in [1.29, 1.82) is 0 Å². The molecule has 0 spiro atoms. The molecule has 0 bridgehead atoms. The minimum Gasteiger partial charge on any atom is -0.377 e. The smallest absolute Gasteiger partial charge is 0.292 e. The molecule has 9 nitrogen and oxygen atoms in total. The molecular formula is C18H24N6O3. The van der Waals surface area contributed by atoms with Crippen molar-refractivity contribution in [3.05, 3.63) is 45.5 Å². The molecule has 1 aromatic carbocycles. The van der Waals surface area contributed by atoms with Gasteiger partial charge in [0.05, 0.1) is 11.3 Å². The van der Waals surface area contributed by atoms with Crippen molar-refractivity contribution >= 4 is 17.3 Å². The van der Waals surface area contributed by atoms with Crippen molar-refractivity contribution in [2.45, 2.75) is 58.0 Å². The predicted octanol–water partition coefficient (Wildman–Crippen LogP) is 2.41. The van der Waals surface area contributed by atoms with Gasteiger partial charge in [0.15, 0.2) is 5.82 Å². The third kappa shape index (κ3) is 5.02. The number of H-pyrrole nitrogens is 1. The molecule has 3 N–H and O–H groups in total. The van der Waals surface area contributed by atoms with Crippen LogP contribution in [0.2, 0.25) is 0 Å². The lowest BCUT2D eigenvalue weighted by molar-refractivity contribution is -0.384. The van der Waals surface area contributed by atoms with Crippen LogP contribution in [0.3, 0.4) is 0 Å². The van der Waals surface area contributed by atoms with Crippen LogP contribution >= 0.6 is 0 Å². The van der Waals surface area contributed by atoms with E-state index in [0.29, 0.717) is 17.3 Å². The maximum atomic E-state index is 12.1. The molecule has 1 aliphatic carbocycles. The summed E-state index contributed by atoms with van der Waals surface area (Å²) in [6.45, 7) is 3.63. The molecular weight excluding hydrogens is 348 g/mol. The topological polar surface area (TPSA) is 126 Å². The van der Waals surface area contributed by atoms with Gasteiger partial charge in [0.25, 0.3) is 5.69 Å². The largest absolute Gasteiger partial charge is 0.377 e. The lowest BCUT2D eigenvalue weighted by atomic mass is 9.90. The van der Waals surface area contributed by atoms with Gasteiger partial charge >= 0.3 is 0 Å². The fourth-order valence-electron chi connectivity index (χ4n) is 3.41. The Morgan fingerprint density at radius 1 is 1.26 bits per heavy atom. The summed E-state index contributed by atoms with van der Waals surface area (Å²) in [7, 11) is 0. The number of carbonyl (C=O) groups excluding carboxylic acids is 1. The Morgan fingerprint density at radius 3 is 2.59 bits per heavy atom. The maximum absolute atomic E-state index is 12.1. The van der Waals surface area contributed by atoms with Crippen LogP contribution in [0.1, 0.15) is 42.9 Å². The first-order chi connectivity index (χ1) is 12.9. The first-order valence-electron chi connectivity index (χ1n) is 9.09. The number of benzene rings is 1. The zero-order valence-corrected chi connectivity index (χ0v) is 15.5. The van der Waals surface area contributed by atoms with Crippen LogP contribution < -0.4 is 10.6 Å². The summed E-state index contributed by atoms with van der Waals surface area (Å²) in [5.41, 5.74) is 1.52. The Bertz CT molecular complexity index is 826. The van der Waals surface area contributed by atoms with Gasteiger partial charge in [-0.05, 0) is 51.2 Å². The van der Waals surface area contributed by atoms with Crippen molar-refractivity contribution < 1.29 is 9.72 Å². The van der Waals surface area contributed by atoms with Crippen molar-refractivity contribution in [3.8, 4) is 0 Å². The second-order valence-corrected chi connectivity index (χ2v) is 7.05. The number of rotatable bonds is 6. The number of nitro benzene ring substituents is 1. The molecule has 1 aromatic heterocycles. The van der Waals surface area contributed by atoms with Gasteiger partial charge in [-0.15, -0.1) is 0 Å². The molecule has 0 radical (unpaired) electrons. The molecule has 2 aromatic rings. The highest BCUT2D eigenvalue weighted by Gasteiger charge is 2.24. The Morgan fingerprint density at radius 2 is 1.96 bits per heavy atom. The number of amides is 1. The third-order valence-electron chi connectivity index (χ3n) is 4.76. The molecule has 0 unspecified atom stereocenters. The first kappa shape index (κ1) is 18.8. The molecule has 3 rings (SSSR count). The van der Waals surface area contributed by atoms with E-state index in [-0.39, 0.29) is 35.0 Å². The van der Waals surface area contributed by atoms with Crippen molar-refractivity contribution in [3.63, 3.8) is 0 Å². The predicted molar refractivity (Wildman–Crippen MR) is 100 cm³/mol. The molecule has 0 aliphatic heterocycles. The van der Waals surface area contributed by atoms with Crippen molar-refractivity contribution in [2.24, 2.45) is 0 Å². The average molecular weight is 372 g/mol. The van der Waals surface area contributed by atoms with Crippen LogP contribution in [0.25, 0.3) is 0 Å². The van der Waals surface area contributed by atoms with E-state index in [2.05, 4.69) is 25.8 Å². The van der Waals surface area contributed by atoms with Crippen LogP contribution in [-0.2, 0) is 11.2 Å². The van der Waals surface area contributed by atoms with Gasteiger partial charge in [0.2, 0.25) is 5.91 Å². The molecule has 144 valence electrons. The second kappa shape index (κ2) is 8.15. The van der Waals surface area contributed by atoms with E-state index in [1.54, 1.807) is 19.1 Å². The van der Waals surface area contributed by atoms with Gasteiger partial charge in [0, 0.05) is 18.2 Å². The zero-order chi connectivity index (χ0) is 19.4. The van der Waals surface area contributed by atoms with Gasteiger partial charge in [-0.1, -0.05) is 6.07 Å². The van der Waals surface area contributed by atoms with E-state index in [0.717, 1.165) is 31.2 Å². The molecule has 1 fully saturated rings. The molecule has 9 heteroatoms. The van der Waals surface area contributed by atoms with Crippen LogP contribution in [-0.4, -0.2) is 38.1 Å². The molecule has 0 atom stereocenters. The fraction of sp³-hybridized carbons (Fsp3) is 0.500. The third-order valence-corrected chi connectivity index (χ3v) is 4.76. The van der Waals surface area contributed by atoms with Gasteiger partial charge in [-0.2, -0.15) is 5.10 Å². The average Bonchev–Trinajstić information content (AvgIpc) is 3.02. The maximum Gasteiger partial charge on any atom is 0.292 e. The van der Waals surface area contributed by atoms with Crippen LogP contribution in [0.15, 0.2) is 18.2 Å². The number of carbonyl (C=O) groups is 1. The normalized spacial score (nSPS) is 19.5. The highest BCUT2D eigenvalue weighted by molar-refractivity contribution is 5.78. The Hall–Kier alpha value is -2.97.